The van der Waals surface area contributed by atoms with Gasteiger partial charge in [0.05, 0.1) is 11.5 Å². The number of hydrogen-bond acceptors (Lipinski definition) is 3. The first-order chi connectivity index (χ1) is 8.91. The second kappa shape index (κ2) is 7.45. The van der Waals surface area contributed by atoms with Crippen molar-refractivity contribution in [3.63, 3.8) is 0 Å². The number of hydrogen-bond donors (Lipinski definition) is 0. The Morgan fingerprint density at radius 3 is 2.21 bits per heavy atom. The van der Waals surface area contributed by atoms with Crippen LogP contribution in [-0.2, 0) is 14.8 Å². The van der Waals surface area contributed by atoms with Crippen molar-refractivity contribution in [2.24, 2.45) is 0 Å². The van der Waals surface area contributed by atoms with Crippen LogP contribution in [0.2, 0.25) is 10.0 Å². The van der Waals surface area contributed by atoms with Gasteiger partial charge in [-0.05, 0) is 24.6 Å². The Morgan fingerprint density at radius 1 is 1.16 bits per heavy atom. The van der Waals surface area contributed by atoms with E-state index in [1.807, 2.05) is 6.92 Å². The molecule has 0 heterocycles. The minimum Gasteiger partial charge on any atom is -0.383 e. The summed E-state index contributed by atoms with van der Waals surface area (Å²) in [5.41, 5.74) is 0. The van der Waals surface area contributed by atoms with Crippen LogP contribution in [0, 0.1) is 0 Å². The van der Waals surface area contributed by atoms with Crippen LogP contribution >= 0.6 is 23.2 Å². The molecule has 0 aromatic heterocycles. The zero-order chi connectivity index (χ0) is 14.5. The van der Waals surface area contributed by atoms with Gasteiger partial charge in [-0.15, -0.1) is 0 Å². The monoisotopic (exact) mass is 325 g/mol. The van der Waals surface area contributed by atoms with Crippen molar-refractivity contribution >= 4 is 33.2 Å². The lowest BCUT2D eigenvalue weighted by atomic mass is 10.4. The highest BCUT2D eigenvalue weighted by molar-refractivity contribution is 7.89. The summed E-state index contributed by atoms with van der Waals surface area (Å²) in [5.74, 6) is 0. The molecular weight excluding hydrogens is 309 g/mol. The summed E-state index contributed by atoms with van der Waals surface area (Å²) in [5, 5.41) is 0.600. The number of ether oxygens (including phenoxy) is 1. The van der Waals surface area contributed by atoms with Gasteiger partial charge >= 0.3 is 0 Å². The van der Waals surface area contributed by atoms with E-state index in [-0.39, 0.29) is 4.90 Å². The average molecular weight is 326 g/mol. The van der Waals surface area contributed by atoms with Crippen molar-refractivity contribution in [1.29, 1.82) is 0 Å². The Morgan fingerprint density at radius 2 is 1.74 bits per heavy atom. The number of nitrogens with zero attached hydrogens (tertiary/aromatic N) is 1. The molecule has 0 atom stereocenters. The second-order valence-electron chi connectivity index (χ2n) is 4.00. The van der Waals surface area contributed by atoms with Crippen molar-refractivity contribution in [2.75, 3.05) is 26.8 Å². The molecule has 0 fully saturated rings. The highest BCUT2D eigenvalue weighted by Gasteiger charge is 2.24. The maximum Gasteiger partial charge on any atom is 0.243 e. The summed E-state index contributed by atoms with van der Waals surface area (Å²) in [4.78, 5) is 0.106. The number of benzene rings is 1. The molecule has 7 heteroatoms. The number of halogens is 2. The lowest BCUT2D eigenvalue weighted by molar-refractivity contribution is 0.179. The normalized spacial score (nSPS) is 12.1. The topological polar surface area (TPSA) is 46.6 Å². The summed E-state index contributed by atoms with van der Waals surface area (Å²) in [7, 11) is -2.06. The van der Waals surface area contributed by atoms with E-state index < -0.39 is 10.0 Å². The minimum absolute atomic E-state index is 0.106. The van der Waals surface area contributed by atoms with E-state index in [4.69, 9.17) is 27.9 Å². The maximum absolute atomic E-state index is 12.5. The quantitative estimate of drug-likeness (QED) is 0.774. The molecule has 19 heavy (non-hydrogen) atoms. The van der Waals surface area contributed by atoms with E-state index in [1.54, 1.807) is 0 Å². The predicted molar refractivity (Wildman–Crippen MR) is 77.4 cm³/mol. The Labute approximate surface area is 124 Å². The first kappa shape index (κ1) is 16.7. The Kier molecular flexibility index (Phi) is 6.56. The van der Waals surface area contributed by atoms with Crippen LogP contribution in [0.4, 0.5) is 0 Å². The molecule has 0 bridgehead atoms. The van der Waals surface area contributed by atoms with Crippen LogP contribution in [0.25, 0.3) is 0 Å². The molecule has 0 saturated carbocycles. The van der Waals surface area contributed by atoms with Crippen LogP contribution in [0.15, 0.2) is 23.1 Å². The molecule has 0 aliphatic heterocycles. The van der Waals surface area contributed by atoms with Crippen LogP contribution in [0.3, 0.4) is 0 Å². The molecule has 0 amide bonds. The van der Waals surface area contributed by atoms with Crippen molar-refractivity contribution < 1.29 is 13.2 Å². The molecule has 0 aliphatic carbocycles. The third-order valence-electron chi connectivity index (χ3n) is 2.49. The fourth-order valence-electron chi connectivity index (χ4n) is 1.62. The van der Waals surface area contributed by atoms with Gasteiger partial charge in [-0.2, -0.15) is 4.31 Å². The Hall–Kier alpha value is -0.330. The fraction of sp³-hybridized carbons (Fsp3) is 0.500. The van der Waals surface area contributed by atoms with Gasteiger partial charge in [0, 0.05) is 30.2 Å². The summed E-state index contributed by atoms with van der Waals surface area (Å²) in [6.07, 6.45) is 0.719. The molecule has 1 aromatic rings. The Bertz CT molecular complexity index is 499. The first-order valence-corrected chi connectivity index (χ1v) is 8.06. The molecular formula is C12H17Cl2NO3S. The summed E-state index contributed by atoms with van der Waals surface area (Å²) >= 11 is 11.7. The molecule has 0 unspecified atom stereocenters. The molecule has 0 aliphatic rings. The van der Waals surface area contributed by atoms with Crippen LogP contribution in [0.5, 0.6) is 0 Å². The molecule has 4 nitrogen and oxygen atoms in total. The molecule has 0 radical (unpaired) electrons. The van der Waals surface area contributed by atoms with Gasteiger partial charge in [-0.3, -0.25) is 0 Å². The zero-order valence-electron chi connectivity index (χ0n) is 10.9. The van der Waals surface area contributed by atoms with Gasteiger partial charge in [0.1, 0.15) is 0 Å². The zero-order valence-corrected chi connectivity index (χ0v) is 13.2. The van der Waals surface area contributed by atoms with Crippen LogP contribution in [-0.4, -0.2) is 39.5 Å². The second-order valence-corrected chi connectivity index (χ2v) is 6.81. The van der Waals surface area contributed by atoms with Crippen molar-refractivity contribution in [3.05, 3.63) is 28.2 Å². The number of sulfonamides is 1. The highest BCUT2D eigenvalue weighted by atomic mass is 35.5. The molecule has 0 spiro atoms. The number of methoxy groups -OCH3 is 1. The van der Waals surface area contributed by atoms with E-state index in [0.29, 0.717) is 29.7 Å². The van der Waals surface area contributed by atoms with E-state index in [9.17, 15) is 8.42 Å². The standard InChI is InChI=1S/C12H17Cl2NO3S/c1-3-4-15(5-6-18-2)19(16,17)12-8-10(13)7-11(14)9-12/h7-9H,3-6H2,1-2H3. The SMILES string of the molecule is CCCN(CCOC)S(=O)(=O)c1cc(Cl)cc(Cl)c1. The maximum atomic E-state index is 12.5. The van der Waals surface area contributed by atoms with Crippen LogP contribution in [0.1, 0.15) is 13.3 Å². The van der Waals surface area contributed by atoms with Gasteiger partial charge in [-0.25, -0.2) is 8.42 Å². The largest absolute Gasteiger partial charge is 0.383 e. The Balaban J connectivity index is 3.10. The molecule has 108 valence electrons. The molecule has 0 N–H and O–H groups in total. The van der Waals surface area contributed by atoms with Gasteiger partial charge < -0.3 is 4.74 Å². The highest BCUT2D eigenvalue weighted by Crippen LogP contribution is 2.24. The third kappa shape index (κ3) is 4.61. The fourth-order valence-corrected chi connectivity index (χ4v) is 3.86. The summed E-state index contributed by atoms with van der Waals surface area (Å²) in [6, 6.07) is 4.30. The van der Waals surface area contributed by atoms with Gasteiger partial charge in [0.15, 0.2) is 0 Å². The van der Waals surface area contributed by atoms with E-state index in [2.05, 4.69) is 0 Å². The third-order valence-corrected chi connectivity index (χ3v) is 4.80. The number of rotatable bonds is 7. The molecule has 0 saturated heterocycles. The minimum atomic E-state index is -3.60. The lowest BCUT2D eigenvalue weighted by Crippen LogP contribution is -2.34. The van der Waals surface area contributed by atoms with Gasteiger partial charge in [0.25, 0.3) is 0 Å². The smallest absolute Gasteiger partial charge is 0.243 e. The van der Waals surface area contributed by atoms with E-state index in [1.165, 1.54) is 29.6 Å². The average Bonchev–Trinajstić information content (AvgIpc) is 2.33. The lowest BCUT2D eigenvalue weighted by Gasteiger charge is -2.21. The van der Waals surface area contributed by atoms with Crippen LogP contribution < -0.4 is 0 Å². The van der Waals surface area contributed by atoms with E-state index >= 15 is 0 Å². The predicted octanol–water partition coefficient (Wildman–Crippen LogP) is 3.04. The summed E-state index contributed by atoms with van der Waals surface area (Å²) in [6.45, 7) is 2.99. The molecule has 1 aromatic carbocycles. The van der Waals surface area contributed by atoms with Crippen molar-refractivity contribution in [1.82, 2.24) is 4.31 Å². The van der Waals surface area contributed by atoms with Crippen molar-refractivity contribution in [3.8, 4) is 0 Å². The first-order valence-electron chi connectivity index (χ1n) is 5.87. The summed E-state index contributed by atoms with van der Waals surface area (Å²) < 4.78 is 31.3. The van der Waals surface area contributed by atoms with Crippen molar-refractivity contribution in [2.45, 2.75) is 18.2 Å². The van der Waals surface area contributed by atoms with Gasteiger partial charge in [-0.1, -0.05) is 30.1 Å². The van der Waals surface area contributed by atoms with E-state index in [0.717, 1.165) is 6.42 Å². The molecule has 1 rings (SSSR count). The van der Waals surface area contributed by atoms with Gasteiger partial charge in [0.2, 0.25) is 10.0 Å².